The largest absolute Gasteiger partial charge is 0.497 e. The van der Waals surface area contributed by atoms with Gasteiger partial charge in [-0.05, 0) is 100 Å². The maximum atomic E-state index is 14.4. The highest BCUT2D eigenvalue weighted by Crippen LogP contribution is 2.30. The second kappa shape index (κ2) is 17.3. The molecule has 4 atom stereocenters. The molecule has 0 unspecified atom stereocenters. The topological polar surface area (TPSA) is 118 Å². The van der Waals surface area contributed by atoms with Gasteiger partial charge >= 0.3 is 0 Å². The van der Waals surface area contributed by atoms with Crippen LogP contribution in [0, 0.1) is 5.92 Å². The number of aliphatic hydroxyl groups excluding tert-OH is 1. The van der Waals surface area contributed by atoms with Crippen molar-refractivity contribution in [2.75, 3.05) is 45.2 Å². The summed E-state index contributed by atoms with van der Waals surface area (Å²) in [6.07, 6.45) is 2.08. The summed E-state index contributed by atoms with van der Waals surface area (Å²) in [5, 5.41) is 10.7. The summed E-state index contributed by atoms with van der Waals surface area (Å²) in [5.74, 6) is 0.688. The molecule has 0 fully saturated rings. The van der Waals surface area contributed by atoms with Gasteiger partial charge in [0.1, 0.15) is 11.5 Å². The van der Waals surface area contributed by atoms with E-state index >= 15 is 0 Å². The summed E-state index contributed by atoms with van der Waals surface area (Å²) < 4.78 is 47.0. The van der Waals surface area contributed by atoms with Gasteiger partial charge in [-0.3, -0.25) is 14.4 Å². The highest BCUT2D eigenvalue weighted by molar-refractivity contribution is 7.92. The van der Waals surface area contributed by atoms with Gasteiger partial charge in [0.25, 0.3) is 15.9 Å². The van der Waals surface area contributed by atoms with Crippen LogP contribution in [0.3, 0.4) is 0 Å². The van der Waals surface area contributed by atoms with E-state index in [1.54, 1.807) is 31.1 Å². The first-order chi connectivity index (χ1) is 22.9. The van der Waals surface area contributed by atoms with Crippen LogP contribution in [0.5, 0.6) is 11.5 Å². The van der Waals surface area contributed by atoms with Crippen molar-refractivity contribution in [1.82, 2.24) is 9.80 Å². The minimum atomic E-state index is -3.96. The van der Waals surface area contributed by atoms with E-state index in [1.165, 1.54) is 30.3 Å². The van der Waals surface area contributed by atoms with Gasteiger partial charge in [0, 0.05) is 42.9 Å². The molecule has 4 rings (SSSR count). The number of nitrogens with one attached hydrogen (secondary N) is 1. The van der Waals surface area contributed by atoms with Crippen molar-refractivity contribution in [3.05, 3.63) is 82.9 Å². The molecule has 3 aromatic rings. The van der Waals surface area contributed by atoms with E-state index in [9.17, 15) is 18.3 Å². The van der Waals surface area contributed by atoms with E-state index in [1.807, 2.05) is 38.2 Å². The quantitative estimate of drug-likeness (QED) is 0.262. The molecule has 48 heavy (non-hydrogen) atoms. The molecule has 1 aliphatic heterocycles. The van der Waals surface area contributed by atoms with Crippen LogP contribution in [0.15, 0.2) is 71.6 Å². The molecule has 1 heterocycles. The number of nitrogens with zero attached hydrogens (tertiary/aromatic N) is 2. The number of methoxy groups -OCH3 is 1. The third-order valence-corrected chi connectivity index (χ3v) is 10.2. The number of carbonyl (C=O) groups excluding carboxylic acids is 1. The predicted molar refractivity (Wildman–Crippen MR) is 188 cm³/mol. The van der Waals surface area contributed by atoms with Crippen molar-refractivity contribution < 1.29 is 32.5 Å². The number of benzene rings is 3. The minimum absolute atomic E-state index is 0.0375. The third kappa shape index (κ3) is 10.3. The average molecular weight is 702 g/mol. The summed E-state index contributed by atoms with van der Waals surface area (Å²) in [7, 11) is -0.268. The molecule has 1 amide bonds. The van der Waals surface area contributed by atoms with Crippen molar-refractivity contribution in [3.63, 3.8) is 0 Å². The summed E-state index contributed by atoms with van der Waals surface area (Å²) in [5.41, 5.74) is 1.56. The minimum Gasteiger partial charge on any atom is -0.497 e. The Morgan fingerprint density at radius 2 is 1.79 bits per heavy atom. The van der Waals surface area contributed by atoms with E-state index in [0.29, 0.717) is 37.0 Å². The Morgan fingerprint density at radius 3 is 2.46 bits per heavy atom. The van der Waals surface area contributed by atoms with Crippen LogP contribution >= 0.6 is 11.6 Å². The van der Waals surface area contributed by atoms with Crippen LogP contribution in [0.4, 0.5) is 5.69 Å². The van der Waals surface area contributed by atoms with Gasteiger partial charge in [0.2, 0.25) is 0 Å². The number of aliphatic hydroxyl groups is 1. The Labute approximate surface area is 290 Å². The van der Waals surface area contributed by atoms with Crippen molar-refractivity contribution in [2.24, 2.45) is 5.92 Å². The third-order valence-electron chi connectivity index (χ3n) is 8.53. The van der Waals surface area contributed by atoms with Crippen molar-refractivity contribution in [3.8, 4) is 11.5 Å². The Hall–Kier alpha value is -3.35. The number of hydrogen-bond donors (Lipinski definition) is 2. The SMILES string of the molecule is COc1ccc(CN(C)C[C@@H]2OCCCC[C@H](C)Oc3ccc(NS(=O)(=O)c4ccc(Cl)cc4)cc3C(=O)N([C@@H](C)CO)C[C@@H]2C)cc1. The summed E-state index contributed by atoms with van der Waals surface area (Å²) in [6.45, 7) is 7.77. The first-order valence-electron chi connectivity index (χ1n) is 16.3. The van der Waals surface area contributed by atoms with Crippen LogP contribution in [0.1, 0.15) is 56.0 Å². The first kappa shape index (κ1) is 37.5. The van der Waals surface area contributed by atoms with Crippen LogP contribution in [-0.4, -0.2) is 87.9 Å². The highest BCUT2D eigenvalue weighted by Gasteiger charge is 2.30. The number of halogens is 1. The molecule has 0 bridgehead atoms. The smallest absolute Gasteiger partial charge is 0.261 e. The van der Waals surface area contributed by atoms with Gasteiger partial charge in [0.15, 0.2) is 0 Å². The van der Waals surface area contributed by atoms with E-state index in [-0.39, 0.29) is 46.8 Å². The molecule has 0 saturated heterocycles. The molecule has 3 aromatic carbocycles. The zero-order chi connectivity index (χ0) is 34.8. The normalized spacial score (nSPS) is 20.4. The number of sulfonamides is 1. The number of amides is 1. The van der Waals surface area contributed by atoms with Crippen LogP contribution < -0.4 is 14.2 Å². The lowest BCUT2D eigenvalue weighted by molar-refractivity contribution is -0.0177. The molecule has 0 spiro atoms. The number of likely N-dealkylation sites (N-methyl/N-ethyl adjacent to an activating group) is 1. The van der Waals surface area contributed by atoms with Crippen LogP contribution in [-0.2, 0) is 21.3 Å². The fourth-order valence-corrected chi connectivity index (χ4v) is 6.87. The molecule has 1 aliphatic rings. The number of hydrogen-bond acceptors (Lipinski definition) is 8. The summed E-state index contributed by atoms with van der Waals surface area (Å²) in [4.78, 5) is 18.3. The predicted octanol–water partition coefficient (Wildman–Crippen LogP) is 6.08. The van der Waals surface area contributed by atoms with Gasteiger partial charge in [-0.15, -0.1) is 0 Å². The molecule has 0 aliphatic carbocycles. The fourth-order valence-electron chi connectivity index (χ4n) is 5.69. The Kier molecular flexibility index (Phi) is 13.5. The first-order valence-corrected chi connectivity index (χ1v) is 18.2. The fraction of sp³-hybridized carbons (Fsp3) is 0.472. The number of anilines is 1. The van der Waals surface area contributed by atoms with Gasteiger partial charge in [-0.25, -0.2) is 8.42 Å². The molecule has 262 valence electrons. The maximum absolute atomic E-state index is 14.4. The highest BCUT2D eigenvalue weighted by atomic mass is 35.5. The average Bonchev–Trinajstić information content (AvgIpc) is 3.06. The van der Waals surface area contributed by atoms with Crippen molar-refractivity contribution in [2.45, 2.75) is 69.7 Å². The van der Waals surface area contributed by atoms with Gasteiger partial charge < -0.3 is 24.2 Å². The Bertz CT molecular complexity index is 1590. The second-order valence-corrected chi connectivity index (χ2v) is 14.7. The van der Waals surface area contributed by atoms with Crippen LogP contribution in [0.2, 0.25) is 5.02 Å². The molecular formula is C36H48ClN3O7S. The van der Waals surface area contributed by atoms with Gasteiger partial charge in [0.05, 0.1) is 42.4 Å². The van der Waals surface area contributed by atoms with Gasteiger partial charge in [-0.2, -0.15) is 0 Å². The zero-order valence-electron chi connectivity index (χ0n) is 28.4. The zero-order valence-corrected chi connectivity index (χ0v) is 30.0. The maximum Gasteiger partial charge on any atom is 0.261 e. The number of rotatable bonds is 10. The summed E-state index contributed by atoms with van der Waals surface area (Å²) in [6, 6.07) is 18.0. The molecule has 0 saturated carbocycles. The number of ether oxygens (including phenoxy) is 3. The molecule has 10 nitrogen and oxygen atoms in total. The van der Waals surface area contributed by atoms with Crippen molar-refractivity contribution >= 4 is 33.2 Å². The number of fused-ring (bicyclic) bond motifs is 1. The molecular weight excluding hydrogens is 654 g/mol. The molecule has 2 N–H and O–H groups in total. The van der Waals surface area contributed by atoms with E-state index < -0.39 is 16.1 Å². The van der Waals surface area contributed by atoms with Crippen LogP contribution in [0.25, 0.3) is 0 Å². The summed E-state index contributed by atoms with van der Waals surface area (Å²) >= 11 is 5.96. The van der Waals surface area contributed by atoms with Crippen molar-refractivity contribution in [1.29, 1.82) is 0 Å². The molecule has 0 radical (unpaired) electrons. The van der Waals surface area contributed by atoms with E-state index in [0.717, 1.165) is 30.6 Å². The van der Waals surface area contributed by atoms with E-state index in [4.69, 9.17) is 25.8 Å². The standard InChI is InChI=1S/C36H48ClN3O7S/c1-25-21-40(26(2)24-41)36(42)33-20-30(38-48(43,44)32-16-11-29(37)12-17-32)13-18-34(33)47-27(3)8-6-7-19-46-35(25)23-39(4)22-28-9-14-31(45-5)15-10-28/h9-18,20,25-27,35,38,41H,6-8,19,21-24H2,1-5H3/t25-,26-,27-,35-/m0/s1. The lowest BCUT2D eigenvalue weighted by Crippen LogP contribution is -2.47. The molecule has 12 heteroatoms. The lowest BCUT2D eigenvalue weighted by atomic mass is 10.0. The Balaban J connectivity index is 1.62. The lowest BCUT2D eigenvalue weighted by Gasteiger charge is -2.36. The van der Waals surface area contributed by atoms with Gasteiger partial charge in [-0.1, -0.05) is 30.7 Å². The number of carbonyl (C=O) groups is 1. The van der Waals surface area contributed by atoms with E-state index in [2.05, 4.69) is 16.5 Å². The second-order valence-electron chi connectivity index (χ2n) is 12.6. The Morgan fingerprint density at radius 1 is 1.08 bits per heavy atom. The monoisotopic (exact) mass is 701 g/mol. The molecule has 0 aromatic heterocycles.